The highest BCUT2D eigenvalue weighted by atomic mass is 32.2. The van der Waals surface area contributed by atoms with Crippen LogP contribution in [0.4, 0.5) is 4.39 Å². The Balaban J connectivity index is 1.98. The molecule has 2 aromatic rings. The van der Waals surface area contributed by atoms with E-state index in [2.05, 4.69) is 4.72 Å². The van der Waals surface area contributed by atoms with Gasteiger partial charge in [0.15, 0.2) is 0 Å². The number of sulfonamides is 1. The Bertz CT molecular complexity index is 777. The molecule has 0 spiro atoms. The van der Waals surface area contributed by atoms with Gasteiger partial charge in [-0.3, -0.25) is 0 Å². The molecular formula is C16H18FNO4S. The van der Waals surface area contributed by atoms with Crippen LogP contribution in [0.1, 0.15) is 5.56 Å². The lowest BCUT2D eigenvalue weighted by Crippen LogP contribution is -2.28. The average molecular weight is 339 g/mol. The number of ether oxygens (including phenoxy) is 2. The quantitative estimate of drug-likeness (QED) is 0.787. The number of aryl methyl sites for hydroxylation is 1. The third-order valence-corrected chi connectivity index (χ3v) is 4.55. The molecule has 0 radical (unpaired) electrons. The van der Waals surface area contributed by atoms with Gasteiger partial charge in [-0.15, -0.1) is 0 Å². The molecule has 23 heavy (non-hydrogen) atoms. The molecule has 0 aliphatic heterocycles. The zero-order chi connectivity index (χ0) is 16.9. The summed E-state index contributed by atoms with van der Waals surface area (Å²) in [6, 6.07) is 10.6. The van der Waals surface area contributed by atoms with Crippen molar-refractivity contribution in [1.29, 1.82) is 0 Å². The van der Waals surface area contributed by atoms with Gasteiger partial charge in [-0.25, -0.2) is 17.5 Å². The van der Waals surface area contributed by atoms with Crippen LogP contribution >= 0.6 is 0 Å². The van der Waals surface area contributed by atoms with Crippen molar-refractivity contribution in [2.75, 3.05) is 20.3 Å². The summed E-state index contributed by atoms with van der Waals surface area (Å²) >= 11 is 0. The van der Waals surface area contributed by atoms with Crippen LogP contribution in [0.5, 0.6) is 11.5 Å². The van der Waals surface area contributed by atoms with Gasteiger partial charge in [-0.2, -0.15) is 0 Å². The van der Waals surface area contributed by atoms with Crippen molar-refractivity contribution < 1.29 is 22.3 Å². The fourth-order valence-electron chi connectivity index (χ4n) is 1.97. The first-order chi connectivity index (χ1) is 10.9. The summed E-state index contributed by atoms with van der Waals surface area (Å²) in [6.07, 6.45) is 0. The maximum Gasteiger partial charge on any atom is 0.244 e. The number of methoxy groups -OCH3 is 1. The lowest BCUT2D eigenvalue weighted by atomic mass is 10.2. The predicted molar refractivity (Wildman–Crippen MR) is 84.8 cm³/mol. The van der Waals surface area contributed by atoms with E-state index in [0.29, 0.717) is 5.75 Å². The molecule has 2 aromatic carbocycles. The number of rotatable bonds is 7. The van der Waals surface area contributed by atoms with Gasteiger partial charge < -0.3 is 9.47 Å². The minimum atomic E-state index is -3.72. The molecule has 0 amide bonds. The summed E-state index contributed by atoms with van der Waals surface area (Å²) in [5.41, 5.74) is 0.808. The standard InChI is InChI=1S/C16H18FNO4S/c1-12-6-7-15(21-2)16(10-12)23(19,20)18-8-9-22-14-5-3-4-13(17)11-14/h3-7,10-11,18H,8-9H2,1-2H3. The summed E-state index contributed by atoms with van der Waals surface area (Å²) < 4.78 is 50.5. The van der Waals surface area contributed by atoms with Gasteiger partial charge >= 0.3 is 0 Å². The first-order valence-electron chi connectivity index (χ1n) is 6.95. The molecule has 7 heteroatoms. The summed E-state index contributed by atoms with van der Waals surface area (Å²) in [6.45, 7) is 1.93. The lowest BCUT2D eigenvalue weighted by molar-refractivity contribution is 0.321. The van der Waals surface area contributed by atoms with E-state index in [9.17, 15) is 12.8 Å². The van der Waals surface area contributed by atoms with Crippen molar-refractivity contribution in [3.63, 3.8) is 0 Å². The van der Waals surface area contributed by atoms with Crippen LogP contribution in [0.25, 0.3) is 0 Å². The van der Waals surface area contributed by atoms with Crippen LogP contribution < -0.4 is 14.2 Å². The molecule has 0 fully saturated rings. The van der Waals surface area contributed by atoms with Crippen molar-refractivity contribution in [2.24, 2.45) is 0 Å². The summed E-state index contributed by atoms with van der Waals surface area (Å²) in [7, 11) is -2.30. The van der Waals surface area contributed by atoms with Crippen LogP contribution in [0.2, 0.25) is 0 Å². The van der Waals surface area contributed by atoms with Crippen molar-refractivity contribution in [3.8, 4) is 11.5 Å². The Labute approximate surface area is 135 Å². The number of halogens is 1. The maximum atomic E-state index is 13.0. The van der Waals surface area contributed by atoms with Gasteiger partial charge in [0.1, 0.15) is 28.8 Å². The molecule has 0 bridgehead atoms. The SMILES string of the molecule is COc1ccc(C)cc1S(=O)(=O)NCCOc1cccc(F)c1. The zero-order valence-corrected chi connectivity index (χ0v) is 13.7. The Kier molecular flexibility index (Phi) is 5.57. The fourth-order valence-corrected chi connectivity index (χ4v) is 3.24. The van der Waals surface area contributed by atoms with E-state index >= 15 is 0 Å². The number of hydrogen-bond donors (Lipinski definition) is 1. The number of benzene rings is 2. The second kappa shape index (κ2) is 7.43. The monoisotopic (exact) mass is 339 g/mol. The van der Waals surface area contributed by atoms with Crippen molar-refractivity contribution in [2.45, 2.75) is 11.8 Å². The molecule has 0 saturated heterocycles. The van der Waals surface area contributed by atoms with Gasteiger partial charge in [0.25, 0.3) is 0 Å². The third-order valence-electron chi connectivity index (χ3n) is 3.07. The highest BCUT2D eigenvalue weighted by Crippen LogP contribution is 2.24. The molecule has 0 aliphatic rings. The molecule has 0 atom stereocenters. The van der Waals surface area contributed by atoms with E-state index in [1.165, 1.54) is 31.4 Å². The van der Waals surface area contributed by atoms with Crippen LogP contribution in [0.15, 0.2) is 47.4 Å². The second-order valence-corrected chi connectivity index (χ2v) is 6.59. The Morgan fingerprint density at radius 2 is 1.96 bits per heavy atom. The first kappa shape index (κ1) is 17.2. The van der Waals surface area contributed by atoms with Crippen LogP contribution in [0, 0.1) is 12.7 Å². The Morgan fingerprint density at radius 3 is 2.65 bits per heavy atom. The fraction of sp³-hybridized carbons (Fsp3) is 0.250. The van der Waals surface area contributed by atoms with Crippen LogP contribution in [-0.4, -0.2) is 28.7 Å². The maximum absolute atomic E-state index is 13.0. The molecule has 0 saturated carbocycles. The molecule has 0 heterocycles. The van der Waals surface area contributed by atoms with Gasteiger partial charge in [-0.1, -0.05) is 12.1 Å². The summed E-state index contributed by atoms with van der Waals surface area (Å²) in [5.74, 6) is 0.207. The molecule has 0 unspecified atom stereocenters. The molecule has 124 valence electrons. The highest BCUT2D eigenvalue weighted by molar-refractivity contribution is 7.89. The first-order valence-corrected chi connectivity index (χ1v) is 8.43. The normalized spacial score (nSPS) is 11.3. The lowest BCUT2D eigenvalue weighted by Gasteiger charge is -2.12. The van der Waals surface area contributed by atoms with Gasteiger partial charge in [0.2, 0.25) is 10.0 Å². The van der Waals surface area contributed by atoms with E-state index in [-0.39, 0.29) is 23.8 Å². The highest BCUT2D eigenvalue weighted by Gasteiger charge is 2.19. The van der Waals surface area contributed by atoms with Crippen LogP contribution in [0.3, 0.4) is 0 Å². The minimum Gasteiger partial charge on any atom is -0.495 e. The molecule has 1 N–H and O–H groups in total. The minimum absolute atomic E-state index is 0.0515. The van der Waals surface area contributed by atoms with Gasteiger partial charge in [-0.05, 0) is 36.8 Å². The predicted octanol–water partition coefficient (Wildman–Crippen LogP) is 2.50. The smallest absolute Gasteiger partial charge is 0.244 e. The third kappa shape index (κ3) is 4.67. The topological polar surface area (TPSA) is 64.6 Å². The summed E-state index contributed by atoms with van der Waals surface area (Å²) in [4.78, 5) is 0.0748. The number of nitrogens with one attached hydrogen (secondary N) is 1. The van der Waals surface area contributed by atoms with Gasteiger partial charge in [0, 0.05) is 12.6 Å². The van der Waals surface area contributed by atoms with E-state index in [1.807, 2.05) is 0 Å². The molecule has 0 aromatic heterocycles. The van der Waals surface area contributed by atoms with Crippen molar-refractivity contribution in [3.05, 3.63) is 53.8 Å². The Morgan fingerprint density at radius 1 is 1.17 bits per heavy atom. The molecular weight excluding hydrogens is 321 g/mol. The molecule has 0 aliphatic carbocycles. The zero-order valence-electron chi connectivity index (χ0n) is 12.9. The Hall–Kier alpha value is -2.12. The number of hydrogen-bond acceptors (Lipinski definition) is 4. The second-order valence-electron chi connectivity index (χ2n) is 4.86. The van der Waals surface area contributed by atoms with E-state index < -0.39 is 15.8 Å². The van der Waals surface area contributed by atoms with Crippen molar-refractivity contribution in [1.82, 2.24) is 4.72 Å². The molecule has 2 rings (SSSR count). The van der Waals surface area contributed by atoms with Crippen molar-refractivity contribution >= 4 is 10.0 Å². The largest absolute Gasteiger partial charge is 0.495 e. The van der Waals surface area contributed by atoms with E-state index in [0.717, 1.165) is 5.56 Å². The average Bonchev–Trinajstić information content (AvgIpc) is 2.52. The van der Waals surface area contributed by atoms with E-state index in [4.69, 9.17) is 9.47 Å². The van der Waals surface area contributed by atoms with E-state index in [1.54, 1.807) is 25.1 Å². The van der Waals surface area contributed by atoms with Gasteiger partial charge in [0.05, 0.1) is 7.11 Å². The van der Waals surface area contributed by atoms with Crippen LogP contribution in [-0.2, 0) is 10.0 Å². The summed E-state index contributed by atoms with van der Waals surface area (Å²) in [5, 5.41) is 0. The molecule has 5 nitrogen and oxygen atoms in total.